The number of carbonyl (C=O) groups excluding carboxylic acids is 1. The molecular weight excluding hydrogens is 334 g/mol. The summed E-state index contributed by atoms with van der Waals surface area (Å²) in [6, 6.07) is 19.5. The first-order valence-electron chi connectivity index (χ1n) is 10.1. The van der Waals surface area contributed by atoms with Crippen LogP contribution < -0.4 is 10.2 Å². The van der Waals surface area contributed by atoms with Crippen LogP contribution >= 0.6 is 0 Å². The number of hydrogen-bond acceptors (Lipinski definition) is 3. The van der Waals surface area contributed by atoms with Crippen LogP contribution in [0, 0.1) is 5.92 Å². The average Bonchev–Trinajstić information content (AvgIpc) is 3.32. The van der Waals surface area contributed by atoms with Gasteiger partial charge in [-0.05, 0) is 56.0 Å². The molecule has 4 rings (SSSR count). The zero-order chi connectivity index (χ0) is 18.6. The monoisotopic (exact) mass is 363 g/mol. The molecule has 2 saturated heterocycles. The van der Waals surface area contributed by atoms with Crippen molar-refractivity contribution in [2.24, 2.45) is 5.92 Å². The molecule has 0 unspecified atom stereocenters. The van der Waals surface area contributed by atoms with Gasteiger partial charge in [0.25, 0.3) is 0 Å². The number of amides is 1. The summed E-state index contributed by atoms with van der Waals surface area (Å²) in [5, 5.41) is 3.68. The molecule has 0 saturated carbocycles. The third-order valence-corrected chi connectivity index (χ3v) is 5.89. The van der Waals surface area contributed by atoms with Gasteiger partial charge >= 0.3 is 0 Å². The lowest BCUT2D eigenvalue weighted by Gasteiger charge is -2.24. The maximum absolute atomic E-state index is 12.0. The van der Waals surface area contributed by atoms with Gasteiger partial charge in [0.2, 0.25) is 5.91 Å². The van der Waals surface area contributed by atoms with Crippen molar-refractivity contribution < 1.29 is 4.79 Å². The largest absolute Gasteiger partial charge is 0.382 e. The third-order valence-electron chi connectivity index (χ3n) is 5.89. The van der Waals surface area contributed by atoms with E-state index in [-0.39, 0.29) is 5.91 Å². The summed E-state index contributed by atoms with van der Waals surface area (Å²) in [5.41, 5.74) is 3.52. The molecule has 2 aromatic carbocycles. The zero-order valence-corrected chi connectivity index (χ0v) is 16.1. The molecule has 1 amide bonds. The third kappa shape index (κ3) is 4.33. The second kappa shape index (κ2) is 8.13. The summed E-state index contributed by atoms with van der Waals surface area (Å²) >= 11 is 0. The molecule has 27 heavy (non-hydrogen) atoms. The van der Waals surface area contributed by atoms with Gasteiger partial charge in [-0.25, -0.2) is 0 Å². The molecule has 2 atom stereocenters. The Morgan fingerprint density at radius 1 is 1.11 bits per heavy atom. The number of anilines is 2. The van der Waals surface area contributed by atoms with Crippen LogP contribution in [0.25, 0.3) is 0 Å². The van der Waals surface area contributed by atoms with E-state index in [0.717, 1.165) is 44.0 Å². The van der Waals surface area contributed by atoms with E-state index in [9.17, 15) is 4.79 Å². The van der Waals surface area contributed by atoms with Gasteiger partial charge in [-0.3, -0.25) is 9.69 Å². The fourth-order valence-electron chi connectivity index (χ4n) is 4.32. The van der Waals surface area contributed by atoms with Crippen molar-refractivity contribution >= 4 is 17.3 Å². The molecule has 1 N–H and O–H groups in total. The van der Waals surface area contributed by atoms with Crippen LogP contribution in [0.1, 0.15) is 31.7 Å². The minimum absolute atomic E-state index is 0.243. The Morgan fingerprint density at radius 2 is 1.96 bits per heavy atom. The highest BCUT2D eigenvalue weighted by Gasteiger charge is 2.27. The Morgan fingerprint density at radius 3 is 2.74 bits per heavy atom. The van der Waals surface area contributed by atoms with Gasteiger partial charge in [-0.2, -0.15) is 0 Å². The highest BCUT2D eigenvalue weighted by atomic mass is 16.2. The Bertz CT molecular complexity index is 776. The van der Waals surface area contributed by atoms with Crippen molar-refractivity contribution in [3.63, 3.8) is 0 Å². The van der Waals surface area contributed by atoms with Gasteiger partial charge in [0.15, 0.2) is 0 Å². The lowest BCUT2D eigenvalue weighted by atomic mass is 10.0. The Balaban J connectivity index is 1.34. The van der Waals surface area contributed by atoms with Crippen LogP contribution in [-0.4, -0.2) is 36.5 Å². The number of benzene rings is 2. The fraction of sp³-hybridized carbons (Fsp3) is 0.435. The van der Waals surface area contributed by atoms with Crippen LogP contribution in [0.2, 0.25) is 0 Å². The van der Waals surface area contributed by atoms with Crippen molar-refractivity contribution in [2.45, 2.75) is 38.8 Å². The van der Waals surface area contributed by atoms with Crippen molar-refractivity contribution in [3.8, 4) is 0 Å². The van der Waals surface area contributed by atoms with Crippen LogP contribution in [0.4, 0.5) is 11.4 Å². The minimum atomic E-state index is 0.243. The molecule has 4 nitrogen and oxygen atoms in total. The van der Waals surface area contributed by atoms with E-state index in [0.29, 0.717) is 18.4 Å². The molecule has 0 aliphatic carbocycles. The van der Waals surface area contributed by atoms with Gasteiger partial charge in [0.05, 0.1) is 0 Å². The number of carbonyl (C=O) groups is 1. The standard InChI is InChI=1S/C23H29N3O/c1-18(20-12-14-25(17-20)16-19-7-3-2-4-8-19)24-21-9-5-10-22(15-21)26-13-6-11-23(26)27/h2-5,7-10,15,18,20,24H,6,11-14,16-17H2,1H3/t18-,20+/m0/s1. The quantitative estimate of drug-likeness (QED) is 0.838. The van der Waals surface area contributed by atoms with Gasteiger partial charge in [-0.15, -0.1) is 0 Å². The zero-order valence-electron chi connectivity index (χ0n) is 16.1. The molecule has 2 aromatic rings. The summed E-state index contributed by atoms with van der Waals surface area (Å²) in [6.07, 6.45) is 2.87. The fourth-order valence-corrected chi connectivity index (χ4v) is 4.32. The Hall–Kier alpha value is -2.33. The van der Waals surface area contributed by atoms with E-state index >= 15 is 0 Å². The van der Waals surface area contributed by atoms with Crippen molar-refractivity contribution in [2.75, 3.05) is 29.9 Å². The van der Waals surface area contributed by atoms with Crippen LogP contribution in [0.5, 0.6) is 0 Å². The molecule has 2 fully saturated rings. The first kappa shape index (κ1) is 18.1. The molecule has 0 bridgehead atoms. The lowest BCUT2D eigenvalue weighted by Crippen LogP contribution is -2.29. The normalized spacial score (nSPS) is 21.6. The Labute approximate surface area is 162 Å². The van der Waals surface area contributed by atoms with Gasteiger partial charge < -0.3 is 10.2 Å². The summed E-state index contributed by atoms with van der Waals surface area (Å²) in [4.78, 5) is 16.5. The molecule has 0 aromatic heterocycles. The number of likely N-dealkylation sites (tertiary alicyclic amines) is 1. The van der Waals surface area contributed by atoms with Gasteiger partial charge in [0, 0.05) is 43.5 Å². The number of nitrogens with one attached hydrogen (secondary N) is 1. The predicted octanol–water partition coefficient (Wildman–Crippen LogP) is 4.14. The molecule has 142 valence electrons. The second-order valence-electron chi connectivity index (χ2n) is 7.90. The maximum Gasteiger partial charge on any atom is 0.227 e. The molecule has 2 aliphatic heterocycles. The molecule has 0 radical (unpaired) electrons. The first-order chi connectivity index (χ1) is 13.2. The van der Waals surface area contributed by atoms with E-state index in [1.54, 1.807) is 0 Å². The van der Waals surface area contributed by atoms with E-state index in [2.05, 4.69) is 59.6 Å². The van der Waals surface area contributed by atoms with Gasteiger partial charge in [-0.1, -0.05) is 36.4 Å². The number of rotatable bonds is 6. The average molecular weight is 364 g/mol. The van der Waals surface area contributed by atoms with Crippen LogP contribution in [0.3, 0.4) is 0 Å². The summed E-state index contributed by atoms with van der Waals surface area (Å²) in [6.45, 7) is 6.46. The van der Waals surface area contributed by atoms with Crippen molar-refractivity contribution in [3.05, 3.63) is 60.2 Å². The van der Waals surface area contributed by atoms with Gasteiger partial charge in [0.1, 0.15) is 0 Å². The molecule has 2 heterocycles. The van der Waals surface area contributed by atoms with Crippen molar-refractivity contribution in [1.82, 2.24) is 4.90 Å². The smallest absolute Gasteiger partial charge is 0.227 e. The number of nitrogens with zero attached hydrogens (tertiary/aromatic N) is 2. The van der Waals surface area contributed by atoms with Crippen molar-refractivity contribution in [1.29, 1.82) is 0 Å². The highest BCUT2D eigenvalue weighted by molar-refractivity contribution is 5.95. The summed E-state index contributed by atoms with van der Waals surface area (Å²) in [7, 11) is 0. The van der Waals surface area contributed by atoms with E-state index in [1.807, 2.05) is 17.0 Å². The van der Waals surface area contributed by atoms with E-state index < -0.39 is 0 Å². The SMILES string of the molecule is C[C@H](Nc1cccc(N2CCCC2=O)c1)[C@@H]1CCN(Cc2ccccc2)C1. The van der Waals surface area contributed by atoms with E-state index in [4.69, 9.17) is 0 Å². The summed E-state index contributed by atoms with van der Waals surface area (Å²) in [5.74, 6) is 0.887. The highest BCUT2D eigenvalue weighted by Crippen LogP contribution is 2.27. The topological polar surface area (TPSA) is 35.6 Å². The predicted molar refractivity (Wildman–Crippen MR) is 111 cm³/mol. The van der Waals surface area contributed by atoms with Crippen LogP contribution in [-0.2, 0) is 11.3 Å². The maximum atomic E-state index is 12.0. The second-order valence-corrected chi connectivity index (χ2v) is 7.90. The number of hydrogen-bond donors (Lipinski definition) is 1. The minimum Gasteiger partial charge on any atom is -0.382 e. The lowest BCUT2D eigenvalue weighted by molar-refractivity contribution is -0.117. The molecule has 0 spiro atoms. The molecule has 2 aliphatic rings. The molecular formula is C23H29N3O. The van der Waals surface area contributed by atoms with E-state index in [1.165, 1.54) is 12.0 Å². The van der Waals surface area contributed by atoms with Crippen LogP contribution in [0.15, 0.2) is 54.6 Å². The first-order valence-corrected chi connectivity index (χ1v) is 10.1. The summed E-state index contributed by atoms with van der Waals surface area (Å²) < 4.78 is 0. The Kier molecular flexibility index (Phi) is 5.44. The molecule has 4 heteroatoms.